The second-order valence-electron chi connectivity index (χ2n) is 6.52. The van der Waals surface area contributed by atoms with Crippen LogP contribution < -0.4 is 0 Å². The van der Waals surface area contributed by atoms with Gasteiger partial charge in [0.1, 0.15) is 11.5 Å². The molecule has 2 aromatic heterocycles. The molecule has 0 bridgehead atoms. The van der Waals surface area contributed by atoms with E-state index in [2.05, 4.69) is 29.9 Å². The van der Waals surface area contributed by atoms with Crippen molar-refractivity contribution in [2.24, 2.45) is 4.99 Å². The summed E-state index contributed by atoms with van der Waals surface area (Å²) in [4.78, 5) is 11.5. The molecule has 4 rings (SSSR count). The minimum atomic E-state index is 0.653. The molecule has 2 aliphatic rings. The Morgan fingerprint density at radius 3 is 3.00 bits per heavy atom. The molecule has 1 aliphatic carbocycles. The molecule has 2 N–H and O–H groups in total. The third kappa shape index (κ3) is 2.33. The van der Waals surface area contributed by atoms with E-state index in [4.69, 9.17) is 9.73 Å². The van der Waals surface area contributed by atoms with Crippen LogP contribution in [0.5, 0.6) is 0 Å². The van der Waals surface area contributed by atoms with E-state index in [1.165, 1.54) is 41.8 Å². The summed E-state index contributed by atoms with van der Waals surface area (Å²) in [5, 5.41) is 0. The molecule has 2 aromatic rings. The number of aromatic amines is 2. The van der Waals surface area contributed by atoms with Crippen LogP contribution >= 0.6 is 0 Å². The van der Waals surface area contributed by atoms with Gasteiger partial charge in [-0.2, -0.15) is 0 Å². The van der Waals surface area contributed by atoms with Gasteiger partial charge in [0.25, 0.3) is 0 Å². The largest absolute Gasteiger partial charge is 0.494 e. The number of hydrogen-bond acceptors (Lipinski definition) is 2. The highest BCUT2D eigenvalue weighted by molar-refractivity contribution is 6.11. The van der Waals surface area contributed by atoms with E-state index in [-0.39, 0.29) is 0 Å². The Kier molecular flexibility index (Phi) is 3.68. The van der Waals surface area contributed by atoms with E-state index in [1.54, 1.807) is 7.11 Å². The highest BCUT2D eigenvalue weighted by Crippen LogP contribution is 2.40. The molecular weight excluding hydrogens is 298 g/mol. The molecule has 0 spiro atoms. The molecule has 1 unspecified atom stereocenters. The van der Waals surface area contributed by atoms with E-state index in [1.807, 2.05) is 24.4 Å². The summed E-state index contributed by atoms with van der Waals surface area (Å²) in [6.07, 6.45) is 9.67. The molecular formula is C20H23N3O. The van der Waals surface area contributed by atoms with Crippen LogP contribution in [0.25, 0.3) is 6.08 Å². The van der Waals surface area contributed by atoms with Crippen LogP contribution in [0.15, 0.2) is 40.9 Å². The molecule has 24 heavy (non-hydrogen) atoms. The van der Waals surface area contributed by atoms with E-state index >= 15 is 0 Å². The number of allylic oxidation sites excluding steroid dienone is 1. The standard InChI is InChI=1S/C20H23N3O/c1-4-13-7-8-14-12(2)22-18(20(13)14)10-17-19(24-3)11-16(23-17)15-6-5-9-21-15/h5-6,9-11,13,21-22H,4,7-8H2,1-3H3/b17-10+. The van der Waals surface area contributed by atoms with Gasteiger partial charge in [-0.3, -0.25) is 0 Å². The van der Waals surface area contributed by atoms with Crippen molar-refractivity contribution in [1.82, 2.24) is 9.97 Å². The number of methoxy groups -OCH3 is 1. The Morgan fingerprint density at radius 1 is 1.42 bits per heavy atom. The van der Waals surface area contributed by atoms with Crippen molar-refractivity contribution in [1.29, 1.82) is 0 Å². The number of nitrogens with one attached hydrogen (secondary N) is 2. The summed E-state index contributed by atoms with van der Waals surface area (Å²) in [6, 6.07) is 4.00. The zero-order valence-electron chi connectivity index (χ0n) is 14.4. The zero-order chi connectivity index (χ0) is 16.7. The molecule has 1 aliphatic heterocycles. The Labute approximate surface area is 142 Å². The summed E-state index contributed by atoms with van der Waals surface area (Å²) >= 11 is 0. The first-order chi connectivity index (χ1) is 11.7. The van der Waals surface area contributed by atoms with Crippen LogP contribution in [0, 0.1) is 6.92 Å². The molecule has 0 amide bonds. The number of aromatic nitrogens is 2. The van der Waals surface area contributed by atoms with Gasteiger partial charge in [-0.1, -0.05) is 6.92 Å². The Morgan fingerprint density at radius 2 is 2.29 bits per heavy atom. The van der Waals surface area contributed by atoms with Gasteiger partial charge >= 0.3 is 0 Å². The molecule has 0 saturated carbocycles. The van der Waals surface area contributed by atoms with Gasteiger partial charge in [0, 0.05) is 23.7 Å². The van der Waals surface area contributed by atoms with Crippen LogP contribution in [0.2, 0.25) is 0 Å². The first-order valence-corrected chi connectivity index (χ1v) is 8.62. The smallest absolute Gasteiger partial charge is 0.146 e. The molecule has 0 saturated heterocycles. The van der Waals surface area contributed by atoms with Crippen molar-refractivity contribution in [2.75, 3.05) is 7.11 Å². The Balaban J connectivity index is 1.77. The van der Waals surface area contributed by atoms with E-state index in [0.29, 0.717) is 5.92 Å². The number of H-pyrrole nitrogens is 2. The number of fused-ring (bicyclic) bond motifs is 1. The second-order valence-corrected chi connectivity index (χ2v) is 6.52. The normalized spacial score (nSPS) is 21.1. The SMILES string of the molecule is CCC1CCc2c(C)[nH]c(/C=C3/N=C(c4ccc[nH]4)C=C3OC)c21. The van der Waals surface area contributed by atoms with Gasteiger partial charge in [-0.15, -0.1) is 0 Å². The molecule has 124 valence electrons. The molecule has 4 nitrogen and oxygen atoms in total. The van der Waals surface area contributed by atoms with Crippen molar-refractivity contribution in [3.63, 3.8) is 0 Å². The Hall–Kier alpha value is -2.49. The van der Waals surface area contributed by atoms with E-state index < -0.39 is 0 Å². The zero-order valence-corrected chi connectivity index (χ0v) is 14.4. The van der Waals surface area contributed by atoms with Crippen LogP contribution in [-0.2, 0) is 11.2 Å². The average molecular weight is 321 g/mol. The first kappa shape index (κ1) is 15.1. The lowest BCUT2D eigenvalue weighted by molar-refractivity contribution is 0.303. The number of aliphatic imine (C=N–C) groups is 1. The van der Waals surface area contributed by atoms with E-state index in [0.717, 1.165) is 22.9 Å². The first-order valence-electron chi connectivity index (χ1n) is 8.62. The maximum Gasteiger partial charge on any atom is 0.146 e. The maximum absolute atomic E-state index is 5.55. The molecule has 3 heterocycles. The van der Waals surface area contributed by atoms with Crippen LogP contribution in [-0.4, -0.2) is 22.8 Å². The minimum absolute atomic E-state index is 0.653. The lowest BCUT2D eigenvalue weighted by Gasteiger charge is -2.08. The van der Waals surface area contributed by atoms with Crippen LogP contribution in [0.1, 0.15) is 53.9 Å². The number of nitrogens with zero attached hydrogens (tertiary/aromatic N) is 1. The monoisotopic (exact) mass is 321 g/mol. The molecule has 0 aromatic carbocycles. The summed E-state index contributed by atoms with van der Waals surface area (Å²) in [7, 11) is 1.70. The van der Waals surface area contributed by atoms with Gasteiger partial charge in [-0.05, 0) is 61.4 Å². The van der Waals surface area contributed by atoms with E-state index in [9.17, 15) is 0 Å². The topological polar surface area (TPSA) is 53.2 Å². The van der Waals surface area contributed by atoms with Crippen molar-refractivity contribution in [2.45, 2.75) is 39.0 Å². The fraction of sp³-hybridized carbons (Fsp3) is 0.350. The van der Waals surface area contributed by atoms with Crippen LogP contribution in [0.4, 0.5) is 0 Å². The van der Waals surface area contributed by atoms with Gasteiger partial charge < -0.3 is 14.7 Å². The van der Waals surface area contributed by atoms with Crippen molar-refractivity contribution >= 4 is 11.8 Å². The number of aryl methyl sites for hydroxylation is 1. The molecule has 0 fully saturated rings. The van der Waals surface area contributed by atoms with Gasteiger partial charge in [-0.25, -0.2) is 4.99 Å². The molecule has 0 radical (unpaired) electrons. The second kappa shape index (κ2) is 5.86. The number of hydrogen-bond donors (Lipinski definition) is 2. The van der Waals surface area contributed by atoms with Gasteiger partial charge in [0.15, 0.2) is 0 Å². The average Bonchev–Trinajstić information content (AvgIpc) is 3.33. The van der Waals surface area contributed by atoms with Crippen LogP contribution in [0.3, 0.4) is 0 Å². The third-order valence-electron chi connectivity index (χ3n) is 5.17. The van der Waals surface area contributed by atoms with Gasteiger partial charge in [0.2, 0.25) is 0 Å². The fourth-order valence-corrected chi connectivity index (χ4v) is 3.93. The highest BCUT2D eigenvalue weighted by atomic mass is 16.5. The number of rotatable bonds is 4. The lowest BCUT2D eigenvalue weighted by atomic mass is 9.98. The predicted octanol–water partition coefficient (Wildman–Crippen LogP) is 4.47. The summed E-state index contributed by atoms with van der Waals surface area (Å²) < 4.78 is 5.55. The van der Waals surface area contributed by atoms with Crippen molar-refractivity contribution < 1.29 is 4.74 Å². The fourth-order valence-electron chi connectivity index (χ4n) is 3.93. The summed E-state index contributed by atoms with van der Waals surface area (Å²) in [6.45, 7) is 4.45. The molecule has 4 heteroatoms. The van der Waals surface area contributed by atoms with Gasteiger partial charge in [0.05, 0.1) is 18.5 Å². The highest BCUT2D eigenvalue weighted by Gasteiger charge is 2.28. The molecule has 1 atom stereocenters. The lowest BCUT2D eigenvalue weighted by Crippen LogP contribution is -1.94. The predicted molar refractivity (Wildman–Crippen MR) is 97.3 cm³/mol. The van der Waals surface area contributed by atoms with Crippen molar-refractivity contribution in [3.8, 4) is 0 Å². The number of ether oxygens (including phenoxy) is 1. The quantitative estimate of drug-likeness (QED) is 0.858. The summed E-state index contributed by atoms with van der Waals surface area (Å²) in [5.41, 5.74) is 8.28. The minimum Gasteiger partial charge on any atom is -0.494 e. The third-order valence-corrected chi connectivity index (χ3v) is 5.17. The summed E-state index contributed by atoms with van der Waals surface area (Å²) in [5.74, 6) is 1.46. The maximum atomic E-state index is 5.55. The Bertz CT molecular complexity index is 850. The van der Waals surface area contributed by atoms with Crippen molar-refractivity contribution in [3.05, 3.63) is 64.1 Å².